The van der Waals surface area contributed by atoms with Crippen molar-refractivity contribution >= 4 is 10.9 Å². The van der Waals surface area contributed by atoms with Crippen molar-refractivity contribution in [2.24, 2.45) is 0 Å². The number of hydrogen-bond acceptors (Lipinski definition) is 6. The van der Waals surface area contributed by atoms with Crippen molar-refractivity contribution < 1.29 is 24.1 Å². The second kappa shape index (κ2) is 8.77. The molecule has 1 aromatic heterocycles. The van der Waals surface area contributed by atoms with Gasteiger partial charge in [-0.05, 0) is 42.5 Å². The van der Waals surface area contributed by atoms with Gasteiger partial charge < -0.3 is 24.1 Å². The summed E-state index contributed by atoms with van der Waals surface area (Å²) in [6.07, 6.45) is -1.40. The first-order valence-corrected chi connectivity index (χ1v) is 10.4. The van der Waals surface area contributed by atoms with Gasteiger partial charge in [-0.15, -0.1) is 0 Å². The summed E-state index contributed by atoms with van der Waals surface area (Å²) in [6.45, 7) is 0.566. The van der Waals surface area contributed by atoms with E-state index in [2.05, 4.69) is 4.98 Å². The van der Waals surface area contributed by atoms with Crippen molar-refractivity contribution in [2.75, 3.05) is 13.7 Å². The van der Waals surface area contributed by atoms with E-state index in [4.69, 9.17) is 18.9 Å². The molecule has 1 aliphatic heterocycles. The van der Waals surface area contributed by atoms with Crippen LogP contribution in [0, 0.1) is 0 Å². The Balaban J connectivity index is 1.30. The molecule has 6 nitrogen and oxygen atoms in total. The van der Waals surface area contributed by atoms with E-state index in [9.17, 15) is 5.11 Å². The van der Waals surface area contributed by atoms with Gasteiger partial charge in [-0.2, -0.15) is 0 Å². The predicted molar refractivity (Wildman–Crippen MR) is 120 cm³/mol. The Morgan fingerprint density at radius 3 is 2.72 bits per heavy atom. The Hall–Kier alpha value is -3.77. The maximum absolute atomic E-state index is 10.9. The minimum Gasteiger partial charge on any atom is -0.497 e. The summed E-state index contributed by atoms with van der Waals surface area (Å²) in [5.74, 6) is 2.55. The van der Waals surface area contributed by atoms with Crippen LogP contribution in [0.25, 0.3) is 10.9 Å². The van der Waals surface area contributed by atoms with Gasteiger partial charge >= 0.3 is 0 Å². The van der Waals surface area contributed by atoms with Crippen molar-refractivity contribution in [3.05, 3.63) is 90.1 Å². The largest absolute Gasteiger partial charge is 0.497 e. The van der Waals surface area contributed by atoms with E-state index in [1.54, 1.807) is 19.2 Å². The molecular weight excluding hydrogens is 406 g/mol. The number of aliphatic hydroxyl groups excluding tert-OH is 1. The zero-order chi connectivity index (χ0) is 21.9. The second-order valence-corrected chi connectivity index (χ2v) is 7.57. The molecule has 0 unspecified atom stereocenters. The first-order valence-electron chi connectivity index (χ1n) is 10.4. The van der Waals surface area contributed by atoms with Gasteiger partial charge in [0.15, 0.2) is 6.10 Å². The highest BCUT2D eigenvalue weighted by Crippen LogP contribution is 2.37. The fraction of sp³-hybridized carbons (Fsp3) is 0.192. The van der Waals surface area contributed by atoms with E-state index < -0.39 is 12.2 Å². The highest BCUT2D eigenvalue weighted by molar-refractivity contribution is 5.78. The number of aromatic nitrogens is 1. The maximum atomic E-state index is 10.9. The zero-order valence-electron chi connectivity index (χ0n) is 17.6. The molecule has 1 aliphatic rings. The number of ether oxygens (including phenoxy) is 4. The van der Waals surface area contributed by atoms with Crippen LogP contribution in [-0.4, -0.2) is 29.9 Å². The summed E-state index contributed by atoms with van der Waals surface area (Å²) < 4.78 is 23.0. The van der Waals surface area contributed by atoms with E-state index in [0.29, 0.717) is 35.2 Å². The SMILES string of the molecule is COc1cccc(O[C@@H]2COc3ccc(OCc4ccc5ccccc5n4)cc3[C@@H]2O)c1. The second-order valence-electron chi connectivity index (χ2n) is 7.57. The van der Waals surface area contributed by atoms with Gasteiger partial charge in [0.1, 0.15) is 42.3 Å². The molecule has 0 saturated heterocycles. The zero-order valence-corrected chi connectivity index (χ0v) is 17.6. The summed E-state index contributed by atoms with van der Waals surface area (Å²) in [4.78, 5) is 4.64. The molecule has 0 amide bonds. The molecule has 2 heterocycles. The lowest BCUT2D eigenvalue weighted by Crippen LogP contribution is -2.35. The third-order valence-corrected chi connectivity index (χ3v) is 5.43. The number of pyridine rings is 1. The first kappa shape index (κ1) is 20.2. The Kier molecular flexibility index (Phi) is 5.52. The van der Waals surface area contributed by atoms with Crippen LogP contribution in [-0.2, 0) is 6.61 Å². The Morgan fingerprint density at radius 2 is 1.81 bits per heavy atom. The van der Waals surface area contributed by atoms with Crippen molar-refractivity contribution in [1.29, 1.82) is 0 Å². The van der Waals surface area contributed by atoms with Crippen molar-refractivity contribution in [3.63, 3.8) is 0 Å². The van der Waals surface area contributed by atoms with Crippen molar-refractivity contribution in [3.8, 4) is 23.0 Å². The van der Waals surface area contributed by atoms with E-state index in [1.807, 2.05) is 66.7 Å². The number of nitrogens with zero attached hydrogens (tertiary/aromatic N) is 1. The molecule has 5 rings (SSSR count). The number of benzene rings is 3. The number of hydrogen-bond donors (Lipinski definition) is 1. The minimum absolute atomic E-state index is 0.243. The number of rotatable bonds is 6. The van der Waals surface area contributed by atoms with Crippen LogP contribution in [0.2, 0.25) is 0 Å². The molecule has 0 spiro atoms. The molecule has 3 aromatic carbocycles. The van der Waals surface area contributed by atoms with Crippen LogP contribution < -0.4 is 18.9 Å². The molecule has 4 aromatic rings. The smallest absolute Gasteiger partial charge is 0.163 e. The lowest BCUT2D eigenvalue weighted by atomic mass is 10.0. The Morgan fingerprint density at radius 1 is 0.938 bits per heavy atom. The summed E-state index contributed by atoms with van der Waals surface area (Å²) in [6, 6.07) is 24.7. The molecular formula is C26H23NO5. The van der Waals surface area contributed by atoms with Crippen LogP contribution >= 0.6 is 0 Å². The fourth-order valence-electron chi connectivity index (χ4n) is 3.74. The number of para-hydroxylation sites is 1. The normalized spacial score (nSPS) is 17.3. The molecule has 32 heavy (non-hydrogen) atoms. The summed E-state index contributed by atoms with van der Waals surface area (Å²) in [7, 11) is 1.60. The lowest BCUT2D eigenvalue weighted by Gasteiger charge is -2.31. The van der Waals surface area contributed by atoms with Crippen LogP contribution in [0.3, 0.4) is 0 Å². The number of fused-ring (bicyclic) bond motifs is 2. The monoisotopic (exact) mass is 429 g/mol. The van der Waals surface area contributed by atoms with Crippen LogP contribution in [0.4, 0.5) is 0 Å². The third kappa shape index (κ3) is 4.18. The lowest BCUT2D eigenvalue weighted by molar-refractivity contribution is -0.0105. The first-order chi connectivity index (χ1) is 15.7. The Bertz CT molecular complexity index is 1240. The van der Waals surface area contributed by atoms with Gasteiger partial charge in [0.2, 0.25) is 0 Å². The summed E-state index contributed by atoms with van der Waals surface area (Å²) >= 11 is 0. The average Bonchev–Trinajstić information content (AvgIpc) is 2.84. The predicted octanol–water partition coefficient (Wildman–Crippen LogP) is 4.70. The van der Waals surface area contributed by atoms with Crippen LogP contribution in [0.5, 0.6) is 23.0 Å². The van der Waals surface area contributed by atoms with Gasteiger partial charge in [-0.1, -0.05) is 30.3 Å². The van der Waals surface area contributed by atoms with Gasteiger partial charge in [0.25, 0.3) is 0 Å². The van der Waals surface area contributed by atoms with Gasteiger partial charge in [-0.25, -0.2) is 4.98 Å². The molecule has 1 N–H and O–H groups in total. The highest BCUT2D eigenvalue weighted by Gasteiger charge is 2.31. The Labute approximate surface area is 186 Å². The molecule has 6 heteroatoms. The number of methoxy groups -OCH3 is 1. The van der Waals surface area contributed by atoms with Gasteiger partial charge in [0.05, 0.1) is 18.3 Å². The van der Waals surface area contributed by atoms with Crippen LogP contribution in [0.15, 0.2) is 78.9 Å². The molecule has 0 aliphatic carbocycles. The summed E-state index contributed by atoms with van der Waals surface area (Å²) in [5, 5.41) is 12.0. The van der Waals surface area contributed by atoms with Gasteiger partial charge in [0, 0.05) is 17.0 Å². The quantitative estimate of drug-likeness (QED) is 0.479. The third-order valence-electron chi connectivity index (χ3n) is 5.43. The van der Waals surface area contributed by atoms with Crippen molar-refractivity contribution in [1.82, 2.24) is 4.98 Å². The van der Waals surface area contributed by atoms with Crippen molar-refractivity contribution in [2.45, 2.75) is 18.8 Å². The number of aliphatic hydroxyl groups is 1. The van der Waals surface area contributed by atoms with E-state index >= 15 is 0 Å². The molecule has 2 atom stereocenters. The minimum atomic E-state index is -0.854. The molecule has 0 fully saturated rings. The van der Waals surface area contributed by atoms with E-state index in [-0.39, 0.29) is 6.61 Å². The van der Waals surface area contributed by atoms with E-state index in [1.165, 1.54) is 0 Å². The van der Waals surface area contributed by atoms with Gasteiger partial charge in [-0.3, -0.25) is 0 Å². The maximum Gasteiger partial charge on any atom is 0.163 e. The molecule has 162 valence electrons. The molecule has 0 radical (unpaired) electrons. The topological polar surface area (TPSA) is 70.0 Å². The van der Waals surface area contributed by atoms with E-state index in [0.717, 1.165) is 16.6 Å². The highest BCUT2D eigenvalue weighted by atomic mass is 16.5. The molecule has 0 saturated carbocycles. The standard InChI is InChI=1S/C26H23NO5/c1-29-19-6-4-7-21(13-19)32-25-16-31-24-12-11-20(14-22(24)26(25)28)30-15-18-10-9-17-5-2-3-8-23(17)27-18/h2-14,25-26,28H,15-16H2,1H3/t25-,26+/m1/s1. The van der Waals surface area contributed by atoms with Crippen LogP contribution in [0.1, 0.15) is 17.4 Å². The molecule has 0 bridgehead atoms. The average molecular weight is 429 g/mol. The summed E-state index contributed by atoms with van der Waals surface area (Å²) in [5.41, 5.74) is 2.39. The fourth-order valence-corrected chi connectivity index (χ4v) is 3.74.